The van der Waals surface area contributed by atoms with Gasteiger partial charge in [0.2, 0.25) is 17.5 Å². The monoisotopic (exact) mass is 1400 g/mol. The number of fused-ring (bicyclic) bond motifs is 6. The summed E-state index contributed by atoms with van der Waals surface area (Å²) in [5, 5.41) is 10.3. The van der Waals surface area contributed by atoms with Crippen LogP contribution in [0.1, 0.15) is 197 Å². The van der Waals surface area contributed by atoms with Crippen LogP contribution in [0.25, 0.3) is 21.5 Å². The summed E-state index contributed by atoms with van der Waals surface area (Å²) in [6.07, 6.45) is 24.2. The highest BCUT2D eigenvalue weighted by Gasteiger charge is 2.48. The number of nitrogens with one attached hydrogen (secondary N) is 2. The van der Waals surface area contributed by atoms with Crippen LogP contribution in [-0.4, -0.2) is 142 Å². The van der Waals surface area contributed by atoms with E-state index in [1.54, 1.807) is 41.5 Å². The lowest BCUT2D eigenvalue weighted by Gasteiger charge is -2.38. The number of unbranched alkanes of at least 4 members (excludes halogenated alkanes) is 5. The molecule has 0 bridgehead atoms. The minimum atomic E-state index is -4.30. The Morgan fingerprint density at radius 1 is 0.610 bits per heavy atom. The smallest absolute Gasteiger partial charge is 0.311 e. The van der Waals surface area contributed by atoms with E-state index in [0.29, 0.717) is 32.4 Å². The summed E-state index contributed by atoms with van der Waals surface area (Å²) in [5.74, 6) is -2.74. The van der Waals surface area contributed by atoms with Crippen LogP contribution < -0.4 is 15.5 Å². The van der Waals surface area contributed by atoms with Gasteiger partial charge in [0, 0.05) is 74.1 Å². The van der Waals surface area contributed by atoms with E-state index in [2.05, 4.69) is 138 Å². The van der Waals surface area contributed by atoms with E-state index < -0.39 is 55.7 Å². The molecule has 2 N–H and O–H groups in total. The van der Waals surface area contributed by atoms with E-state index in [-0.39, 0.29) is 107 Å². The molecule has 0 spiro atoms. The fraction of sp³-hybridized carbons (Fsp3) is 0.568. The molecule has 2 aliphatic rings. The van der Waals surface area contributed by atoms with Crippen molar-refractivity contribution in [2.45, 2.75) is 198 Å². The van der Waals surface area contributed by atoms with Gasteiger partial charge in [-0.2, -0.15) is 4.58 Å². The highest BCUT2D eigenvalue weighted by atomic mass is 32.2. The Hall–Kier alpha value is -7.48. The molecule has 2 atom stereocenters. The van der Waals surface area contributed by atoms with Crippen LogP contribution in [0.3, 0.4) is 0 Å². The molecule has 0 aromatic heterocycles. The predicted molar refractivity (Wildman–Crippen MR) is 398 cm³/mol. The zero-order valence-corrected chi connectivity index (χ0v) is 62.8. The molecule has 4 aromatic carbocycles. The lowest BCUT2D eigenvalue weighted by Crippen LogP contribution is -2.42. The Morgan fingerprint density at radius 2 is 1.19 bits per heavy atom. The first-order chi connectivity index (χ1) is 47.5. The predicted octanol–water partition coefficient (Wildman–Crippen LogP) is 14.6. The van der Waals surface area contributed by atoms with Crippen LogP contribution in [0.2, 0.25) is 0 Å². The second-order valence-corrected chi connectivity index (χ2v) is 31.0. The quantitative estimate of drug-likeness (QED) is 0.0105. The summed E-state index contributed by atoms with van der Waals surface area (Å²) in [7, 11) is -4.30. The number of ether oxygens (including phenoxy) is 4. The fourth-order valence-corrected chi connectivity index (χ4v) is 14.2. The van der Waals surface area contributed by atoms with Gasteiger partial charge in [-0.05, 0) is 184 Å². The normalized spacial score (nSPS) is 15.6. The Kier molecular flexibility index (Phi) is 31.4. The van der Waals surface area contributed by atoms with Gasteiger partial charge in [-0.25, -0.2) is 8.42 Å². The van der Waals surface area contributed by atoms with E-state index in [0.717, 1.165) is 81.4 Å². The number of hydrogen-bond donors (Lipinski definition) is 2. The molecule has 0 fully saturated rings. The van der Waals surface area contributed by atoms with Crippen molar-refractivity contribution in [2.24, 2.45) is 21.7 Å². The molecule has 100 heavy (non-hydrogen) atoms. The molecule has 2 aliphatic heterocycles. The number of rotatable bonds is 44. The van der Waals surface area contributed by atoms with Gasteiger partial charge in [0.25, 0.3) is 0 Å². The average Bonchev–Trinajstić information content (AvgIpc) is 1.57. The maximum absolute atomic E-state index is 14.6. The first-order valence-corrected chi connectivity index (χ1v) is 38.1. The van der Waals surface area contributed by atoms with E-state index in [9.17, 15) is 41.7 Å². The van der Waals surface area contributed by atoms with Crippen LogP contribution in [0.15, 0.2) is 121 Å². The van der Waals surface area contributed by atoms with Crippen LogP contribution in [0.4, 0.5) is 11.4 Å². The average molecular weight is 1400 g/mol. The van der Waals surface area contributed by atoms with Gasteiger partial charge in [-0.1, -0.05) is 125 Å². The molecule has 0 aliphatic carbocycles. The molecule has 4 aromatic rings. The lowest BCUT2D eigenvalue weighted by atomic mass is 9.67. The molecular weight excluding hydrogens is 1280 g/mol. The third kappa shape index (κ3) is 23.8. The summed E-state index contributed by atoms with van der Waals surface area (Å²) in [6, 6.07) is 25.5. The maximum atomic E-state index is 14.6. The molecule has 548 valence electrons. The number of esters is 4. The zero-order valence-electron chi connectivity index (χ0n) is 62.0. The van der Waals surface area contributed by atoms with Gasteiger partial charge >= 0.3 is 23.9 Å². The molecular formula is C81H115N5O13S. The van der Waals surface area contributed by atoms with Gasteiger partial charge in [-0.15, -0.1) is 0 Å². The number of hydrogen-bond acceptors (Lipinski definition) is 15. The third-order valence-electron chi connectivity index (χ3n) is 19.6. The Labute approximate surface area is 596 Å². The summed E-state index contributed by atoms with van der Waals surface area (Å²) in [6.45, 7) is 26.8. The molecule has 2 amide bonds. The highest BCUT2D eigenvalue weighted by molar-refractivity contribution is 7.85. The van der Waals surface area contributed by atoms with Crippen molar-refractivity contribution >= 4 is 84.4 Å². The molecule has 2 unspecified atom stereocenters. The topological polar surface area (TPSA) is 230 Å². The first kappa shape index (κ1) is 81.5. The van der Waals surface area contributed by atoms with Gasteiger partial charge in [0.15, 0.2) is 5.71 Å². The lowest BCUT2D eigenvalue weighted by molar-refractivity contribution is -0.438. The second kappa shape index (κ2) is 38.5. The van der Waals surface area contributed by atoms with Crippen molar-refractivity contribution in [3.8, 4) is 0 Å². The Morgan fingerprint density at radius 3 is 1.87 bits per heavy atom. The van der Waals surface area contributed by atoms with E-state index in [1.165, 1.54) is 45.6 Å². The van der Waals surface area contributed by atoms with Crippen LogP contribution >= 0.6 is 0 Å². The van der Waals surface area contributed by atoms with Gasteiger partial charge < -0.3 is 39.0 Å². The number of carbonyl (C=O) groups excluding carboxylic acids is 6. The molecule has 0 saturated carbocycles. The van der Waals surface area contributed by atoms with Crippen LogP contribution in [0.5, 0.6) is 0 Å². The largest absolute Gasteiger partial charge is 0.748 e. The fourth-order valence-electron chi connectivity index (χ4n) is 13.6. The standard InChI is InChI=1S/C81H115N5O13S/c1-13-16-49-84(50-17-14-2)53-57-99-76(92)81(12,60-78(7,8)74(90)96-54-15-3)46-45-80(11,44-43-77(5,6)73(89)97-55-47-82-61(4)87)75(91)98-56-48-83-71(88)38-24-21-29-51-85-64(59-67-65-35-27-25-32-62(65)39-41-68(67)85)34-22-19-18-20-23-37-70-79(9,10)72-66-36-28-26-33-63(66)40-42-69(72)86(70)52-30-31-58-100(93,94)95/h18-20,22-23,25-28,32-37,39-42H,13-17,21,24,29-31,38,43-60H2,1-12H3,(H2-,82,83,87,88,93,94,95). The van der Waals surface area contributed by atoms with E-state index in [1.807, 2.05) is 37.3 Å². The summed E-state index contributed by atoms with van der Waals surface area (Å²) in [5.41, 5.74) is 2.07. The molecule has 0 saturated heterocycles. The van der Waals surface area contributed by atoms with Crippen molar-refractivity contribution in [2.75, 3.05) is 82.9 Å². The minimum absolute atomic E-state index is 0.0206. The van der Waals surface area contributed by atoms with Gasteiger partial charge in [0.1, 0.15) is 26.4 Å². The molecule has 6 rings (SSSR count). The van der Waals surface area contributed by atoms with Crippen LogP contribution in [0, 0.1) is 21.7 Å². The second-order valence-electron chi connectivity index (χ2n) is 29.5. The highest BCUT2D eigenvalue weighted by Crippen LogP contribution is 2.47. The SMILES string of the molecule is CCCCN(CCCC)CCOC(=O)C(C)(CCC(C)(CCC(C)(C)C(=O)OCCNC(C)=O)C(=O)OCCNC(=O)CCCCCN1\C(=C/C=C/C=C/C=C/C2=[N+](CCCCS(=O)(=O)[O-])c3ccc4ccccc4c3C2(C)C)Cc2c1ccc1ccccc21)CC(C)(C)C(=O)OCCC. The number of benzene rings is 4. The van der Waals surface area contributed by atoms with Gasteiger partial charge in [-0.3, -0.25) is 33.7 Å². The molecule has 19 heteroatoms. The van der Waals surface area contributed by atoms with Gasteiger partial charge in [0.05, 0.1) is 56.9 Å². The maximum Gasteiger partial charge on any atom is 0.311 e. The summed E-state index contributed by atoms with van der Waals surface area (Å²) in [4.78, 5) is 85.7. The number of allylic oxidation sites excluding steroid dienone is 8. The number of anilines is 1. The summed E-state index contributed by atoms with van der Waals surface area (Å²) >= 11 is 0. The minimum Gasteiger partial charge on any atom is -0.748 e. The van der Waals surface area contributed by atoms with Crippen LogP contribution in [-0.2, 0) is 69.7 Å². The third-order valence-corrected chi connectivity index (χ3v) is 20.4. The number of amides is 2. The number of carbonyl (C=O) groups is 6. The van der Waals surface area contributed by atoms with E-state index >= 15 is 0 Å². The Balaban J connectivity index is 1.08. The summed E-state index contributed by atoms with van der Waals surface area (Å²) < 4.78 is 59.9. The zero-order chi connectivity index (χ0) is 73.2. The molecule has 0 radical (unpaired) electrons. The van der Waals surface area contributed by atoms with Crippen molar-refractivity contribution in [1.82, 2.24) is 15.5 Å². The Bertz CT molecular complexity index is 3710. The van der Waals surface area contributed by atoms with E-state index in [4.69, 9.17) is 18.9 Å². The van der Waals surface area contributed by atoms with Crippen molar-refractivity contribution in [1.29, 1.82) is 0 Å². The van der Waals surface area contributed by atoms with Crippen molar-refractivity contribution in [3.05, 3.63) is 132 Å². The first-order valence-electron chi connectivity index (χ1n) is 36.5. The van der Waals surface area contributed by atoms with Crippen molar-refractivity contribution < 1.29 is 65.3 Å². The molecule has 18 nitrogen and oxygen atoms in total. The van der Waals surface area contributed by atoms with Crippen molar-refractivity contribution in [3.63, 3.8) is 0 Å². The number of nitrogens with zero attached hydrogens (tertiary/aromatic N) is 3. The molecule has 2 heterocycles.